The Labute approximate surface area is 76.6 Å². The molecular formula is C7H11ClN2O2. The molecule has 0 atom stereocenters. The lowest BCUT2D eigenvalue weighted by Crippen LogP contribution is -1.97. The van der Waals surface area contributed by atoms with Crippen molar-refractivity contribution in [1.82, 2.24) is 9.55 Å². The molecule has 0 unspecified atom stereocenters. The average molecular weight is 191 g/mol. The Bertz CT molecular complexity index is 260. The second-order valence-electron chi connectivity index (χ2n) is 2.42. The van der Waals surface area contributed by atoms with Crippen LogP contribution < -0.4 is 0 Å². The lowest BCUT2D eigenvalue weighted by Gasteiger charge is -1.89. The lowest BCUT2D eigenvalue weighted by molar-refractivity contribution is -0.136. The van der Waals surface area contributed by atoms with Crippen LogP contribution in [0.25, 0.3) is 0 Å². The summed E-state index contributed by atoms with van der Waals surface area (Å²) in [5, 5.41) is 8.35. The van der Waals surface area contributed by atoms with Gasteiger partial charge in [-0.05, 0) is 0 Å². The summed E-state index contributed by atoms with van der Waals surface area (Å²) in [6.45, 7) is 0. The van der Waals surface area contributed by atoms with Crippen LogP contribution in [0.3, 0.4) is 0 Å². The SMILES string of the molecule is Cl.Cn1cnc(CCC(=O)O)c1. The first-order chi connectivity index (χ1) is 5.18. The van der Waals surface area contributed by atoms with E-state index in [1.165, 1.54) is 0 Å². The summed E-state index contributed by atoms with van der Waals surface area (Å²) in [6, 6.07) is 0. The fourth-order valence-electron chi connectivity index (χ4n) is 0.831. The van der Waals surface area contributed by atoms with Gasteiger partial charge in [0.25, 0.3) is 0 Å². The molecule has 0 spiro atoms. The van der Waals surface area contributed by atoms with Gasteiger partial charge in [-0.15, -0.1) is 12.4 Å². The maximum Gasteiger partial charge on any atom is 0.303 e. The molecule has 1 heterocycles. The van der Waals surface area contributed by atoms with Crippen molar-refractivity contribution in [2.45, 2.75) is 12.8 Å². The minimum Gasteiger partial charge on any atom is -0.481 e. The molecule has 12 heavy (non-hydrogen) atoms. The molecule has 1 aromatic rings. The van der Waals surface area contributed by atoms with E-state index in [0.29, 0.717) is 6.42 Å². The van der Waals surface area contributed by atoms with Gasteiger partial charge in [-0.3, -0.25) is 4.79 Å². The highest BCUT2D eigenvalue weighted by Crippen LogP contribution is 1.98. The van der Waals surface area contributed by atoms with E-state index < -0.39 is 5.97 Å². The van der Waals surface area contributed by atoms with Crippen LogP contribution in [0.4, 0.5) is 0 Å². The highest BCUT2D eigenvalue weighted by molar-refractivity contribution is 5.85. The number of carbonyl (C=O) groups is 1. The predicted molar refractivity (Wildman–Crippen MR) is 46.4 cm³/mol. The van der Waals surface area contributed by atoms with E-state index in [1.807, 2.05) is 13.2 Å². The van der Waals surface area contributed by atoms with E-state index in [0.717, 1.165) is 5.69 Å². The summed E-state index contributed by atoms with van der Waals surface area (Å²) in [5.41, 5.74) is 0.829. The number of rotatable bonds is 3. The Morgan fingerprint density at radius 2 is 2.42 bits per heavy atom. The maximum absolute atomic E-state index is 10.1. The van der Waals surface area contributed by atoms with E-state index in [-0.39, 0.29) is 18.8 Å². The molecule has 0 saturated heterocycles. The van der Waals surface area contributed by atoms with E-state index in [2.05, 4.69) is 4.98 Å². The van der Waals surface area contributed by atoms with Crippen LogP contribution in [0, 0.1) is 0 Å². The first-order valence-electron chi connectivity index (χ1n) is 3.37. The Balaban J connectivity index is 0.00000121. The number of imidazole rings is 1. The Hall–Kier alpha value is -1.03. The molecule has 0 bridgehead atoms. The third-order valence-electron chi connectivity index (χ3n) is 1.35. The molecule has 0 aliphatic carbocycles. The second-order valence-corrected chi connectivity index (χ2v) is 2.42. The van der Waals surface area contributed by atoms with Crippen molar-refractivity contribution in [2.75, 3.05) is 0 Å². The summed E-state index contributed by atoms with van der Waals surface area (Å²) >= 11 is 0. The summed E-state index contributed by atoms with van der Waals surface area (Å²) in [4.78, 5) is 14.1. The van der Waals surface area contributed by atoms with Gasteiger partial charge in [-0.1, -0.05) is 0 Å². The van der Waals surface area contributed by atoms with Gasteiger partial charge in [0, 0.05) is 19.7 Å². The average Bonchev–Trinajstić information content (AvgIpc) is 2.31. The first kappa shape index (κ1) is 11.0. The first-order valence-corrected chi connectivity index (χ1v) is 3.37. The predicted octanol–water partition coefficient (Wildman–Crippen LogP) is 0.859. The minimum absolute atomic E-state index is 0. The van der Waals surface area contributed by atoms with Crippen LogP contribution in [0.15, 0.2) is 12.5 Å². The van der Waals surface area contributed by atoms with E-state index in [4.69, 9.17) is 5.11 Å². The summed E-state index contributed by atoms with van der Waals surface area (Å²) in [5.74, 6) is -0.782. The fourth-order valence-corrected chi connectivity index (χ4v) is 0.831. The normalized spacial score (nSPS) is 9.08. The van der Waals surface area contributed by atoms with Crippen molar-refractivity contribution >= 4 is 18.4 Å². The number of halogens is 1. The zero-order valence-corrected chi connectivity index (χ0v) is 7.54. The topological polar surface area (TPSA) is 55.1 Å². The zero-order valence-electron chi connectivity index (χ0n) is 6.73. The van der Waals surface area contributed by atoms with Gasteiger partial charge in [-0.2, -0.15) is 0 Å². The van der Waals surface area contributed by atoms with E-state index in [9.17, 15) is 4.79 Å². The Morgan fingerprint density at radius 1 is 1.75 bits per heavy atom. The standard InChI is InChI=1S/C7H10N2O2.ClH/c1-9-4-6(8-5-9)2-3-7(10)11;/h4-5H,2-3H2,1H3,(H,10,11);1H. The van der Waals surface area contributed by atoms with Crippen molar-refractivity contribution in [2.24, 2.45) is 7.05 Å². The van der Waals surface area contributed by atoms with Gasteiger partial charge >= 0.3 is 5.97 Å². The number of nitrogens with zero attached hydrogens (tertiary/aromatic N) is 2. The van der Waals surface area contributed by atoms with E-state index in [1.54, 1.807) is 10.9 Å². The Morgan fingerprint density at radius 3 is 2.83 bits per heavy atom. The summed E-state index contributed by atoms with van der Waals surface area (Å²) < 4.78 is 1.80. The summed E-state index contributed by atoms with van der Waals surface area (Å²) in [7, 11) is 1.86. The monoisotopic (exact) mass is 190 g/mol. The Kier molecular flexibility index (Phi) is 4.36. The van der Waals surface area contributed by atoms with Gasteiger partial charge in [0.1, 0.15) is 0 Å². The van der Waals surface area contributed by atoms with Crippen LogP contribution in [0.1, 0.15) is 12.1 Å². The molecule has 0 saturated carbocycles. The molecule has 0 aromatic carbocycles. The molecule has 4 nitrogen and oxygen atoms in total. The summed E-state index contributed by atoms with van der Waals surface area (Å²) in [6.07, 6.45) is 4.15. The third-order valence-corrected chi connectivity index (χ3v) is 1.35. The van der Waals surface area contributed by atoms with Crippen molar-refractivity contribution in [1.29, 1.82) is 0 Å². The van der Waals surface area contributed by atoms with Gasteiger partial charge in [0.05, 0.1) is 18.4 Å². The molecular weight excluding hydrogens is 180 g/mol. The smallest absolute Gasteiger partial charge is 0.303 e. The molecule has 0 radical (unpaired) electrons. The molecule has 1 N–H and O–H groups in total. The molecule has 5 heteroatoms. The molecule has 0 aliphatic rings. The van der Waals surface area contributed by atoms with Crippen molar-refractivity contribution in [3.63, 3.8) is 0 Å². The second kappa shape index (κ2) is 4.77. The van der Waals surface area contributed by atoms with Crippen LogP contribution in [-0.2, 0) is 18.3 Å². The van der Waals surface area contributed by atoms with Crippen LogP contribution in [0.5, 0.6) is 0 Å². The number of carboxylic acids is 1. The van der Waals surface area contributed by atoms with Gasteiger partial charge < -0.3 is 9.67 Å². The minimum atomic E-state index is -0.782. The van der Waals surface area contributed by atoms with Gasteiger partial charge in [0.15, 0.2) is 0 Å². The van der Waals surface area contributed by atoms with Gasteiger partial charge in [0.2, 0.25) is 0 Å². The van der Waals surface area contributed by atoms with Crippen molar-refractivity contribution in [3.05, 3.63) is 18.2 Å². The van der Waals surface area contributed by atoms with E-state index >= 15 is 0 Å². The number of aromatic nitrogens is 2. The highest BCUT2D eigenvalue weighted by atomic mass is 35.5. The van der Waals surface area contributed by atoms with Crippen molar-refractivity contribution < 1.29 is 9.90 Å². The third kappa shape index (κ3) is 3.39. The molecule has 0 fully saturated rings. The number of aryl methyl sites for hydroxylation is 2. The van der Waals surface area contributed by atoms with Crippen LogP contribution in [0.2, 0.25) is 0 Å². The maximum atomic E-state index is 10.1. The zero-order chi connectivity index (χ0) is 8.27. The lowest BCUT2D eigenvalue weighted by atomic mass is 10.2. The molecule has 1 aromatic heterocycles. The molecule has 0 amide bonds. The number of hydrogen-bond donors (Lipinski definition) is 1. The fraction of sp³-hybridized carbons (Fsp3) is 0.429. The number of hydrogen-bond acceptors (Lipinski definition) is 2. The number of carboxylic acid groups (broad SMARTS) is 1. The van der Waals surface area contributed by atoms with Crippen LogP contribution >= 0.6 is 12.4 Å². The van der Waals surface area contributed by atoms with Crippen LogP contribution in [-0.4, -0.2) is 20.6 Å². The molecule has 68 valence electrons. The molecule has 1 rings (SSSR count). The quantitative estimate of drug-likeness (QED) is 0.769. The van der Waals surface area contributed by atoms with Crippen molar-refractivity contribution in [3.8, 4) is 0 Å². The molecule has 0 aliphatic heterocycles. The van der Waals surface area contributed by atoms with Gasteiger partial charge in [-0.25, -0.2) is 4.98 Å². The number of aliphatic carboxylic acids is 1. The largest absolute Gasteiger partial charge is 0.481 e. The highest BCUT2D eigenvalue weighted by Gasteiger charge is 2.00.